The quantitative estimate of drug-likeness (QED) is 0.0227. The van der Waals surface area contributed by atoms with Crippen LogP contribution in [0.2, 0.25) is 0 Å². The van der Waals surface area contributed by atoms with Crippen LogP contribution in [0.1, 0.15) is 152 Å². The highest BCUT2D eigenvalue weighted by Crippen LogP contribution is 2.49. The van der Waals surface area contributed by atoms with Crippen LogP contribution in [0.15, 0.2) is 82.3 Å². The van der Waals surface area contributed by atoms with Crippen LogP contribution in [-0.4, -0.2) is 183 Å². The zero-order valence-corrected chi connectivity index (χ0v) is 54.6. The summed E-state index contributed by atoms with van der Waals surface area (Å²) in [7, 11) is -18.1. The van der Waals surface area contributed by atoms with Gasteiger partial charge in [-0.05, 0) is 127 Å². The van der Waals surface area contributed by atoms with Crippen molar-refractivity contribution in [3.63, 3.8) is 0 Å². The number of rotatable bonds is 29. The van der Waals surface area contributed by atoms with Crippen molar-refractivity contribution in [3.8, 4) is 0 Å². The molecule has 0 radical (unpaired) electrons. The summed E-state index contributed by atoms with van der Waals surface area (Å²) in [5.41, 5.74) is 1.36. The molecule has 2 aromatic carbocycles. The fourth-order valence-corrected chi connectivity index (χ4v) is 12.1. The molecule has 26 heteroatoms. The number of amides is 2. The molecule has 0 bridgehead atoms. The van der Waals surface area contributed by atoms with Crippen LogP contribution in [0, 0.1) is 0 Å². The van der Waals surface area contributed by atoms with Gasteiger partial charge in [-0.3, -0.25) is 23.2 Å². The van der Waals surface area contributed by atoms with Gasteiger partial charge in [0.05, 0.1) is 26.7 Å². The molecule has 2 amide bonds. The monoisotopic (exact) mass is 1260 g/mol. The van der Waals surface area contributed by atoms with Crippen LogP contribution in [0.4, 0.5) is 11.4 Å². The molecular formula is C58H94N6O16S4. The Bertz CT molecular complexity index is 3030. The number of carbonyl (C=O) groups is 3. The minimum absolute atomic E-state index is 0.00575. The zero-order valence-electron chi connectivity index (χ0n) is 51.4. The summed E-state index contributed by atoms with van der Waals surface area (Å²) in [4.78, 5) is 49.2. The van der Waals surface area contributed by atoms with Crippen molar-refractivity contribution in [2.24, 2.45) is 0 Å². The molecule has 3 aliphatic heterocycles. The first-order valence-electron chi connectivity index (χ1n) is 29.0. The van der Waals surface area contributed by atoms with Crippen molar-refractivity contribution < 1.29 is 75.7 Å². The fourth-order valence-electron chi connectivity index (χ4n) is 10.2. The molecule has 0 aromatic heterocycles. The van der Waals surface area contributed by atoms with Gasteiger partial charge in [-0.1, -0.05) is 107 Å². The van der Waals surface area contributed by atoms with E-state index in [2.05, 4.69) is 77.0 Å². The molecule has 0 aliphatic carbocycles. The Balaban J connectivity index is 0.000000970. The van der Waals surface area contributed by atoms with E-state index in [4.69, 9.17) is 4.84 Å². The lowest BCUT2D eigenvalue weighted by atomic mass is 9.75. The van der Waals surface area contributed by atoms with Crippen LogP contribution in [-0.2, 0) is 70.5 Å². The molecule has 3 N–H and O–H groups in total. The standard InChI is InChI=1S/C40H49N3O16S4.3C6H15N/c1-39(2)30-26-28(62(53,54)55)15-17-32(30)41(22-10-24-60(47,48)49)34(39)12-6-4-7-13-35-40(3,21-9-5-8-14-38(46)59-43-36(44)19-20-37(43)45)31-27-29(63(56,57)58)16-18-33(31)42(35)23-11-25-61(50,51)52;3*1-4-7(5-2)6-3/h4,6-7,12-13,15-18,26-27H,5,8-11,14,19-25H2,1-3H3,(H3-,47,48,49,50,51,52,53,54,55,56,57,58);3*4-6H2,1-3H3. The van der Waals surface area contributed by atoms with E-state index in [0.29, 0.717) is 64.7 Å². The number of nitrogens with zero attached hydrogens (tertiary/aromatic N) is 6. The molecule has 5 rings (SSSR count). The van der Waals surface area contributed by atoms with Gasteiger partial charge in [0.1, 0.15) is 16.7 Å². The number of anilines is 1. The zero-order chi connectivity index (χ0) is 63.9. The van der Waals surface area contributed by atoms with Gasteiger partial charge >= 0.3 is 5.97 Å². The maximum absolute atomic E-state index is 12.4. The number of allylic oxidation sites excluding steroid dienone is 6. The topological polar surface area (TPSA) is 300 Å². The smallest absolute Gasteiger partial charge is 0.333 e. The second-order valence-electron chi connectivity index (χ2n) is 21.0. The number of imide groups is 1. The number of benzene rings is 2. The molecule has 2 aromatic rings. The Kier molecular flexibility index (Phi) is 31.0. The van der Waals surface area contributed by atoms with Gasteiger partial charge < -0.3 is 29.0 Å². The highest BCUT2D eigenvalue weighted by Gasteiger charge is 2.48. The molecular weight excluding hydrogens is 1160 g/mol. The van der Waals surface area contributed by atoms with E-state index >= 15 is 0 Å². The van der Waals surface area contributed by atoms with Crippen LogP contribution >= 0.6 is 0 Å². The predicted molar refractivity (Wildman–Crippen MR) is 327 cm³/mol. The van der Waals surface area contributed by atoms with Gasteiger partial charge in [-0.25, -0.2) is 13.2 Å². The van der Waals surface area contributed by atoms with Gasteiger partial charge in [0.2, 0.25) is 5.69 Å². The summed E-state index contributed by atoms with van der Waals surface area (Å²) in [6.45, 7) is 36.0. The maximum atomic E-state index is 12.4. The van der Waals surface area contributed by atoms with E-state index in [1.807, 2.05) is 6.92 Å². The highest BCUT2D eigenvalue weighted by atomic mass is 32.2. The number of fused-ring (bicyclic) bond motifs is 2. The second-order valence-corrected chi connectivity index (χ2v) is 26.9. The van der Waals surface area contributed by atoms with E-state index < -0.39 is 85.5 Å². The lowest BCUT2D eigenvalue weighted by molar-refractivity contribution is -0.437. The first-order chi connectivity index (χ1) is 39.2. The molecule has 3 heterocycles. The average molecular weight is 1260 g/mol. The van der Waals surface area contributed by atoms with Crippen molar-refractivity contribution in [2.75, 3.05) is 88.4 Å². The van der Waals surface area contributed by atoms with Crippen molar-refractivity contribution in [1.82, 2.24) is 19.8 Å². The summed E-state index contributed by atoms with van der Waals surface area (Å²) in [6.07, 6.45) is 9.80. The molecule has 0 saturated carbocycles. The van der Waals surface area contributed by atoms with Gasteiger partial charge in [0.15, 0.2) is 5.71 Å². The Hall–Kier alpha value is -4.74. The first kappa shape index (κ1) is 75.4. The van der Waals surface area contributed by atoms with Crippen LogP contribution in [0.5, 0.6) is 0 Å². The second kappa shape index (κ2) is 34.6. The van der Waals surface area contributed by atoms with Crippen molar-refractivity contribution in [3.05, 3.63) is 83.6 Å². The molecule has 1 unspecified atom stereocenters. The molecule has 3 aliphatic rings. The first-order valence-corrected chi connectivity index (χ1v) is 35.1. The Morgan fingerprint density at radius 3 is 1.60 bits per heavy atom. The van der Waals surface area contributed by atoms with Crippen LogP contribution in [0.25, 0.3) is 0 Å². The molecule has 476 valence electrons. The SMILES string of the molecule is CC1(CCCCCC(=O)ON2C(=O)CCC2=O)C(/C=C/C=C/C=C2/N(CCCS(=O)(=O)O)c3ccc(S(=O)(=O)[O-])cc3C2(C)C)=[N+](CCCS(=O)(=O)O)c2ccc(S(=O)(=O)O)cc21.CCN(CC)CC.CCN(CC)CC.CCN(CC)CC. The third-order valence-corrected chi connectivity index (χ3v) is 18.5. The summed E-state index contributed by atoms with van der Waals surface area (Å²) in [5, 5.41) is 0.470. The molecule has 0 spiro atoms. The fraction of sp³-hybridized carbons (Fsp3) is 0.621. The minimum atomic E-state index is -4.81. The molecule has 1 atom stereocenters. The number of hydroxylamine groups is 2. The van der Waals surface area contributed by atoms with Crippen molar-refractivity contribution >= 4 is 75.3 Å². The minimum Gasteiger partial charge on any atom is -0.744 e. The highest BCUT2D eigenvalue weighted by molar-refractivity contribution is 7.86. The van der Waals surface area contributed by atoms with Gasteiger partial charge in [-0.15, -0.1) is 5.06 Å². The van der Waals surface area contributed by atoms with E-state index in [0.717, 1.165) is 0 Å². The number of hydrogen-bond donors (Lipinski definition) is 3. The van der Waals surface area contributed by atoms with E-state index in [1.165, 1.54) is 95.3 Å². The Labute approximate surface area is 501 Å². The molecule has 1 fully saturated rings. The summed E-state index contributed by atoms with van der Waals surface area (Å²) in [6, 6.07) is 7.94. The summed E-state index contributed by atoms with van der Waals surface area (Å²) in [5.74, 6) is -3.09. The third-order valence-electron chi connectivity index (χ3n) is 15.2. The van der Waals surface area contributed by atoms with Gasteiger partial charge in [-0.2, -0.15) is 29.8 Å². The molecule has 22 nitrogen and oxygen atoms in total. The summed E-state index contributed by atoms with van der Waals surface area (Å²) >= 11 is 0. The average Bonchev–Trinajstić information content (AvgIpc) is 2.02. The van der Waals surface area contributed by atoms with Crippen LogP contribution in [0.3, 0.4) is 0 Å². The lowest BCUT2D eigenvalue weighted by Crippen LogP contribution is -2.32. The number of carbonyl (C=O) groups excluding carboxylic acids is 3. The van der Waals surface area contributed by atoms with E-state index in [1.54, 1.807) is 53.7 Å². The Morgan fingerprint density at radius 2 is 1.13 bits per heavy atom. The maximum Gasteiger partial charge on any atom is 0.333 e. The number of hydrogen-bond acceptors (Lipinski definition) is 17. The van der Waals surface area contributed by atoms with E-state index in [-0.39, 0.29) is 50.1 Å². The summed E-state index contributed by atoms with van der Waals surface area (Å²) < 4.78 is 137. The Morgan fingerprint density at radius 1 is 0.643 bits per heavy atom. The van der Waals surface area contributed by atoms with E-state index in [9.17, 15) is 66.3 Å². The molecule has 84 heavy (non-hydrogen) atoms. The van der Waals surface area contributed by atoms with Crippen molar-refractivity contribution in [1.29, 1.82) is 0 Å². The third kappa shape index (κ3) is 23.2. The lowest BCUT2D eigenvalue weighted by Gasteiger charge is -2.27. The van der Waals surface area contributed by atoms with Crippen LogP contribution < -0.4 is 4.90 Å². The molecule has 1 saturated heterocycles. The van der Waals surface area contributed by atoms with Crippen molar-refractivity contribution in [2.45, 2.75) is 161 Å². The van der Waals surface area contributed by atoms with Gasteiger partial charge in [0, 0.05) is 66.7 Å². The normalized spacial score (nSPS) is 17.5. The number of unbranched alkanes of at least 4 members (excludes halogenated alkanes) is 2. The predicted octanol–water partition coefficient (Wildman–Crippen LogP) is 8.15. The van der Waals surface area contributed by atoms with Gasteiger partial charge in [0.25, 0.3) is 42.2 Å². The largest absolute Gasteiger partial charge is 0.744 e.